The Labute approximate surface area is 193 Å². The Hall–Kier alpha value is -3.17. The fourth-order valence-electron chi connectivity index (χ4n) is 3.50. The highest BCUT2D eigenvalue weighted by Gasteiger charge is 2.28. The lowest BCUT2D eigenvalue weighted by Crippen LogP contribution is -2.33. The quantitative estimate of drug-likeness (QED) is 0.619. The number of halogens is 1. The largest absolute Gasteiger partial charge is 0.497 e. The fraction of sp³-hybridized carbons (Fsp3) is 0.227. The number of ether oxygens (including phenoxy) is 3. The highest BCUT2D eigenvalue weighted by Crippen LogP contribution is 2.42. The van der Waals surface area contributed by atoms with Gasteiger partial charge < -0.3 is 19.5 Å². The van der Waals surface area contributed by atoms with Crippen molar-refractivity contribution in [3.63, 3.8) is 0 Å². The van der Waals surface area contributed by atoms with Gasteiger partial charge >= 0.3 is 0 Å². The number of nitrogens with one attached hydrogen (secondary N) is 2. The highest BCUT2D eigenvalue weighted by molar-refractivity contribution is 8.18. The van der Waals surface area contributed by atoms with E-state index in [0.29, 0.717) is 40.5 Å². The zero-order valence-corrected chi connectivity index (χ0v) is 18.8. The van der Waals surface area contributed by atoms with Gasteiger partial charge in [-0.25, -0.2) is 0 Å². The molecule has 1 fully saturated rings. The second-order valence-corrected chi connectivity index (χ2v) is 8.48. The summed E-state index contributed by atoms with van der Waals surface area (Å²) >= 11 is 7.18. The van der Waals surface area contributed by atoms with E-state index in [2.05, 4.69) is 10.6 Å². The van der Waals surface area contributed by atoms with E-state index in [-0.39, 0.29) is 17.6 Å². The van der Waals surface area contributed by atoms with Crippen molar-refractivity contribution >= 4 is 40.4 Å². The molecule has 2 heterocycles. The van der Waals surface area contributed by atoms with Gasteiger partial charge in [-0.1, -0.05) is 11.6 Å². The van der Waals surface area contributed by atoms with E-state index in [0.717, 1.165) is 22.8 Å². The van der Waals surface area contributed by atoms with Crippen molar-refractivity contribution in [2.75, 3.05) is 20.8 Å². The second kappa shape index (κ2) is 9.13. The van der Waals surface area contributed by atoms with Crippen LogP contribution in [0.3, 0.4) is 0 Å². The predicted octanol–water partition coefficient (Wildman–Crippen LogP) is 3.31. The van der Waals surface area contributed by atoms with E-state index in [1.54, 1.807) is 20.3 Å². The molecule has 8 nitrogen and oxygen atoms in total. The smallest absolute Gasteiger partial charge is 0.290 e. The third kappa shape index (κ3) is 4.53. The monoisotopic (exact) mass is 474 g/mol. The first kappa shape index (κ1) is 22.0. The van der Waals surface area contributed by atoms with Crippen LogP contribution in [0.2, 0.25) is 5.02 Å². The lowest BCUT2D eigenvalue weighted by atomic mass is 9.99. The van der Waals surface area contributed by atoms with Crippen LogP contribution in [0.15, 0.2) is 41.3 Å². The van der Waals surface area contributed by atoms with Crippen LogP contribution in [-0.4, -0.2) is 43.9 Å². The molecule has 1 atom stereocenters. The normalized spacial score (nSPS) is 18.2. The maximum atomic E-state index is 12.1. The summed E-state index contributed by atoms with van der Waals surface area (Å²) in [6.45, 7) is 0.214. The van der Waals surface area contributed by atoms with Crippen molar-refractivity contribution in [3.8, 4) is 28.4 Å². The SMILES string of the molecule is COc1ccc(OC)c(-c2cc(Cl)c3c(c2)CC(CNC(=O)/C=C2\SC(=O)NC2=O)O3)c1. The summed E-state index contributed by atoms with van der Waals surface area (Å²) in [7, 11) is 3.20. The van der Waals surface area contributed by atoms with Crippen LogP contribution in [0.1, 0.15) is 5.56 Å². The van der Waals surface area contributed by atoms with Crippen LogP contribution in [0.5, 0.6) is 17.2 Å². The molecule has 0 radical (unpaired) electrons. The van der Waals surface area contributed by atoms with Crippen molar-refractivity contribution < 1.29 is 28.6 Å². The van der Waals surface area contributed by atoms with Crippen LogP contribution in [0.25, 0.3) is 11.1 Å². The molecule has 0 bridgehead atoms. The molecular weight excluding hydrogens is 456 g/mol. The number of carbonyl (C=O) groups excluding carboxylic acids is 3. The lowest BCUT2D eigenvalue weighted by Gasteiger charge is -2.13. The van der Waals surface area contributed by atoms with Gasteiger partial charge in [-0.2, -0.15) is 0 Å². The number of hydrogen-bond donors (Lipinski definition) is 2. The van der Waals surface area contributed by atoms with Gasteiger partial charge in [0.25, 0.3) is 11.1 Å². The molecule has 166 valence electrons. The summed E-state index contributed by atoms with van der Waals surface area (Å²) in [6.07, 6.45) is 1.33. The van der Waals surface area contributed by atoms with Crippen molar-refractivity contribution in [1.29, 1.82) is 0 Å². The molecule has 4 rings (SSSR count). The highest BCUT2D eigenvalue weighted by atomic mass is 35.5. The molecule has 2 aromatic rings. The number of imide groups is 1. The molecular formula is C22H19ClN2O6S. The summed E-state index contributed by atoms with van der Waals surface area (Å²) in [5.41, 5.74) is 2.60. The first-order valence-electron chi connectivity index (χ1n) is 9.62. The van der Waals surface area contributed by atoms with Gasteiger partial charge in [0, 0.05) is 23.6 Å². The number of carbonyl (C=O) groups is 3. The van der Waals surface area contributed by atoms with Crippen molar-refractivity contribution in [3.05, 3.63) is 51.9 Å². The number of benzene rings is 2. The number of fused-ring (bicyclic) bond motifs is 1. The van der Waals surface area contributed by atoms with E-state index in [4.69, 9.17) is 25.8 Å². The third-order valence-corrected chi connectivity index (χ3v) is 6.07. The number of thioether (sulfide) groups is 1. The Balaban J connectivity index is 1.47. The summed E-state index contributed by atoms with van der Waals surface area (Å²) in [4.78, 5) is 34.9. The number of rotatable bonds is 6. The molecule has 1 unspecified atom stereocenters. The lowest BCUT2D eigenvalue weighted by molar-refractivity contribution is -0.118. The minimum Gasteiger partial charge on any atom is -0.497 e. The van der Waals surface area contributed by atoms with Crippen LogP contribution in [0, 0.1) is 0 Å². The molecule has 2 aromatic carbocycles. The molecule has 2 N–H and O–H groups in total. The summed E-state index contributed by atoms with van der Waals surface area (Å²) in [5, 5.41) is 4.75. The fourth-order valence-corrected chi connectivity index (χ4v) is 4.44. The van der Waals surface area contributed by atoms with Crippen molar-refractivity contribution in [2.24, 2.45) is 0 Å². The van der Waals surface area contributed by atoms with Gasteiger partial charge in [-0.15, -0.1) is 0 Å². The summed E-state index contributed by atoms with van der Waals surface area (Å²) in [6, 6.07) is 9.30. The van der Waals surface area contributed by atoms with Crippen LogP contribution in [-0.2, 0) is 16.0 Å². The number of amides is 3. The van der Waals surface area contributed by atoms with E-state index in [9.17, 15) is 14.4 Å². The van der Waals surface area contributed by atoms with Gasteiger partial charge in [0.1, 0.15) is 23.4 Å². The molecule has 0 aromatic heterocycles. The van der Waals surface area contributed by atoms with E-state index < -0.39 is 17.1 Å². The van der Waals surface area contributed by atoms with E-state index in [1.165, 1.54) is 0 Å². The number of methoxy groups -OCH3 is 2. The van der Waals surface area contributed by atoms with Gasteiger partial charge in [0.15, 0.2) is 0 Å². The maximum Gasteiger partial charge on any atom is 0.290 e. The Morgan fingerprint density at radius 3 is 2.78 bits per heavy atom. The molecule has 10 heteroatoms. The van der Waals surface area contributed by atoms with Crippen LogP contribution < -0.4 is 24.8 Å². The summed E-state index contributed by atoms with van der Waals surface area (Å²) < 4.78 is 16.7. The Morgan fingerprint density at radius 2 is 2.09 bits per heavy atom. The average Bonchev–Trinajstić information content (AvgIpc) is 3.33. The zero-order valence-electron chi connectivity index (χ0n) is 17.2. The minimum atomic E-state index is -0.577. The third-order valence-electron chi connectivity index (χ3n) is 4.98. The molecule has 32 heavy (non-hydrogen) atoms. The van der Waals surface area contributed by atoms with Gasteiger partial charge in [-0.3, -0.25) is 19.7 Å². The molecule has 0 saturated carbocycles. The predicted molar refractivity (Wildman–Crippen MR) is 120 cm³/mol. The Bertz CT molecular complexity index is 1150. The first-order chi connectivity index (χ1) is 15.4. The van der Waals surface area contributed by atoms with Crippen LogP contribution in [0.4, 0.5) is 4.79 Å². The molecule has 0 aliphatic carbocycles. The maximum absolute atomic E-state index is 12.1. The second-order valence-electron chi connectivity index (χ2n) is 7.05. The Morgan fingerprint density at radius 1 is 1.28 bits per heavy atom. The number of hydrogen-bond acceptors (Lipinski definition) is 7. The van der Waals surface area contributed by atoms with Crippen molar-refractivity contribution in [1.82, 2.24) is 10.6 Å². The van der Waals surface area contributed by atoms with E-state index >= 15 is 0 Å². The molecule has 1 saturated heterocycles. The minimum absolute atomic E-state index is 0.0584. The van der Waals surface area contributed by atoms with Gasteiger partial charge in [0.05, 0.1) is 30.7 Å². The zero-order chi connectivity index (χ0) is 22.8. The molecule has 2 aliphatic rings. The molecule has 0 spiro atoms. The Kier molecular flexibility index (Phi) is 6.29. The molecule has 3 amide bonds. The topological polar surface area (TPSA) is 103 Å². The van der Waals surface area contributed by atoms with E-state index in [1.807, 2.05) is 24.3 Å². The standard InChI is InChI=1S/C22H19ClN2O6S/c1-29-13-3-4-17(30-2)15(8-13)11-5-12-6-14(31-20(12)16(23)7-11)10-24-19(26)9-18-21(27)25-22(28)32-18/h3-5,7-9,14H,6,10H2,1-2H3,(H,24,26)(H,25,27,28)/b18-9-. The van der Waals surface area contributed by atoms with Crippen LogP contribution >= 0.6 is 23.4 Å². The molecule has 2 aliphatic heterocycles. The average molecular weight is 475 g/mol. The first-order valence-corrected chi connectivity index (χ1v) is 10.8. The van der Waals surface area contributed by atoms with Crippen molar-refractivity contribution in [2.45, 2.75) is 12.5 Å². The van der Waals surface area contributed by atoms with Gasteiger partial charge in [0.2, 0.25) is 5.91 Å². The van der Waals surface area contributed by atoms with Gasteiger partial charge in [-0.05, 0) is 47.7 Å². The summed E-state index contributed by atoms with van der Waals surface area (Å²) in [5.74, 6) is 0.895.